The molecule has 4 heteroatoms. The Morgan fingerprint density at radius 1 is 1.90 bits per heavy atom. The number of hydrogen-bond acceptors (Lipinski definition) is 3. The molecule has 0 atom stereocenters. The zero-order valence-electron chi connectivity index (χ0n) is 5.43. The maximum Gasteiger partial charge on any atom is 0.183 e. The van der Waals surface area contributed by atoms with Crippen molar-refractivity contribution >= 4 is 28.9 Å². The molecular formula is C6H6ClNOS. The molecule has 54 valence electrons. The van der Waals surface area contributed by atoms with Crippen LogP contribution in [-0.4, -0.2) is 10.2 Å². The van der Waals surface area contributed by atoms with Gasteiger partial charge in [-0.3, -0.25) is 4.79 Å². The van der Waals surface area contributed by atoms with Gasteiger partial charge < -0.3 is 0 Å². The highest BCUT2D eigenvalue weighted by atomic mass is 35.5. The minimum Gasteiger partial charge on any atom is -0.292 e. The first-order valence-corrected chi connectivity index (χ1v) is 4.10. The smallest absolute Gasteiger partial charge is 0.183 e. The number of ketones is 1. The van der Waals surface area contributed by atoms with Crippen LogP contribution in [0, 0.1) is 0 Å². The van der Waals surface area contributed by atoms with Gasteiger partial charge in [0.15, 0.2) is 5.78 Å². The lowest BCUT2D eigenvalue weighted by molar-refractivity contribution is 0.0984. The van der Waals surface area contributed by atoms with Crippen molar-refractivity contribution in [3.63, 3.8) is 0 Å². The van der Waals surface area contributed by atoms with Gasteiger partial charge >= 0.3 is 0 Å². The predicted octanol–water partition coefficient (Wildman–Crippen LogP) is 2.39. The number of carbonyl (C=O) groups excluding carboxylic acids is 1. The fourth-order valence-corrected chi connectivity index (χ4v) is 1.46. The van der Waals surface area contributed by atoms with Crippen LogP contribution in [0.4, 0.5) is 0 Å². The van der Waals surface area contributed by atoms with Crippen LogP contribution in [0.25, 0.3) is 0 Å². The van der Waals surface area contributed by atoms with Crippen LogP contribution in [0.15, 0.2) is 5.38 Å². The number of hydrogen-bond donors (Lipinski definition) is 0. The van der Waals surface area contributed by atoms with E-state index in [1.165, 1.54) is 11.5 Å². The maximum absolute atomic E-state index is 11.0. The van der Waals surface area contributed by atoms with Gasteiger partial charge in [-0.15, -0.1) is 0 Å². The second-order valence-corrected chi connectivity index (χ2v) is 2.82. The second kappa shape index (κ2) is 3.12. The lowest BCUT2D eigenvalue weighted by Crippen LogP contribution is -1.96. The molecule has 0 unspecified atom stereocenters. The van der Waals surface area contributed by atoms with Crippen LogP contribution in [0.2, 0.25) is 5.02 Å². The molecule has 0 saturated carbocycles. The highest BCUT2D eigenvalue weighted by Gasteiger charge is 2.09. The van der Waals surface area contributed by atoms with E-state index in [0.717, 1.165) is 0 Å². The average Bonchev–Trinajstić information content (AvgIpc) is 2.34. The zero-order valence-corrected chi connectivity index (χ0v) is 7.00. The fraction of sp³-hybridized carbons (Fsp3) is 0.333. The van der Waals surface area contributed by atoms with E-state index in [-0.39, 0.29) is 5.78 Å². The number of halogens is 1. The molecule has 1 aromatic rings. The molecule has 1 aromatic heterocycles. The van der Waals surface area contributed by atoms with Crippen molar-refractivity contribution in [2.75, 3.05) is 0 Å². The molecule has 0 fully saturated rings. The lowest BCUT2D eigenvalue weighted by Gasteiger charge is -1.88. The van der Waals surface area contributed by atoms with Gasteiger partial charge in [0, 0.05) is 11.8 Å². The van der Waals surface area contributed by atoms with E-state index in [9.17, 15) is 4.79 Å². The molecule has 1 rings (SSSR count). The van der Waals surface area contributed by atoms with Gasteiger partial charge in [-0.1, -0.05) is 18.5 Å². The minimum atomic E-state index is 0.00579. The highest BCUT2D eigenvalue weighted by Crippen LogP contribution is 2.17. The molecule has 0 amide bonds. The molecule has 2 nitrogen and oxygen atoms in total. The Balaban J connectivity index is 2.93. The third-order valence-corrected chi connectivity index (χ3v) is 2.16. The summed E-state index contributed by atoms with van der Waals surface area (Å²) in [4.78, 5) is 11.0. The Kier molecular flexibility index (Phi) is 2.40. The largest absolute Gasteiger partial charge is 0.292 e. The molecule has 0 radical (unpaired) electrons. The summed E-state index contributed by atoms with van der Waals surface area (Å²) in [6.45, 7) is 1.79. The first-order chi connectivity index (χ1) is 4.75. The van der Waals surface area contributed by atoms with Gasteiger partial charge in [-0.2, -0.15) is 4.37 Å². The van der Waals surface area contributed by atoms with E-state index in [0.29, 0.717) is 17.1 Å². The van der Waals surface area contributed by atoms with E-state index in [1.54, 1.807) is 12.3 Å². The van der Waals surface area contributed by atoms with Crippen molar-refractivity contribution in [3.8, 4) is 0 Å². The predicted molar refractivity (Wildman–Crippen MR) is 41.7 cm³/mol. The van der Waals surface area contributed by atoms with E-state index in [4.69, 9.17) is 11.6 Å². The first kappa shape index (κ1) is 7.69. The SMILES string of the molecule is CCC(=O)c1nscc1Cl. The summed E-state index contributed by atoms with van der Waals surface area (Å²) in [6.07, 6.45) is 0.462. The van der Waals surface area contributed by atoms with Crippen LogP contribution in [0.3, 0.4) is 0 Å². The van der Waals surface area contributed by atoms with Crippen LogP contribution in [-0.2, 0) is 0 Å². The van der Waals surface area contributed by atoms with Crippen LogP contribution < -0.4 is 0 Å². The summed E-state index contributed by atoms with van der Waals surface area (Å²) in [6, 6.07) is 0. The third kappa shape index (κ3) is 1.36. The van der Waals surface area contributed by atoms with Crippen molar-refractivity contribution in [1.82, 2.24) is 4.37 Å². The van der Waals surface area contributed by atoms with Crippen molar-refractivity contribution in [2.45, 2.75) is 13.3 Å². The molecule has 0 aliphatic rings. The van der Waals surface area contributed by atoms with Gasteiger partial charge in [0.05, 0.1) is 5.02 Å². The maximum atomic E-state index is 11.0. The van der Waals surface area contributed by atoms with Gasteiger partial charge in [-0.25, -0.2) is 0 Å². The molecule has 0 N–H and O–H groups in total. The minimum absolute atomic E-state index is 0.00579. The molecule has 1 heterocycles. The monoisotopic (exact) mass is 175 g/mol. The molecular weight excluding hydrogens is 170 g/mol. The Morgan fingerprint density at radius 3 is 3.00 bits per heavy atom. The van der Waals surface area contributed by atoms with E-state index < -0.39 is 0 Å². The van der Waals surface area contributed by atoms with Gasteiger partial charge in [0.25, 0.3) is 0 Å². The zero-order chi connectivity index (χ0) is 7.56. The summed E-state index contributed by atoms with van der Waals surface area (Å²) in [5.41, 5.74) is 0.411. The van der Waals surface area contributed by atoms with Gasteiger partial charge in [-0.05, 0) is 11.5 Å². The molecule has 10 heavy (non-hydrogen) atoms. The molecule has 0 bridgehead atoms. The Hall–Kier alpha value is -0.410. The third-order valence-electron chi connectivity index (χ3n) is 1.11. The number of aromatic nitrogens is 1. The topological polar surface area (TPSA) is 30.0 Å². The van der Waals surface area contributed by atoms with E-state index in [2.05, 4.69) is 4.37 Å². The van der Waals surface area contributed by atoms with Crippen LogP contribution in [0.1, 0.15) is 23.8 Å². The van der Waals surface area contributed by atoms with Gasteiger partial charge in [0.2, 0.25) is 0 Å². The molecule has 0 aliphatic carbocycles. The lowest BCUT2D eigenvalue weighted by atomic mass is 10.2. The van der Waals surface area contributed by atoms with Gasteiger partial charge in [0.1, 0.15) is 5.69 Å². The van der Waals surface area contributed by atoms with Crippen molar-refractivity contribution in [1.29, 1.82) is 0 Å². The number of carbonyl (C=O) groups is 1. The molecule has 0 saturated heterocycles. The number of rotatable bonds is 2. The summed E-state index contributed by atoms with van der Waals surface area (Å²) < 4.78 is 3.85. The second-order valence-electron chi connectivity index (χ2n) is 1.79. The van der Waals surface area contributed by atoms with E-state index in [1.807, 2.05) is 0 Å². The van der Waals surface area contributed by atoms with Crippen molar-refractivity contribution in [3.05, 3.63) is 16.1 Å². The normalized spacial score (nSPS) is 9.80. The summed E-state index contributed by atoms with van der Waals surface area (Å²) in [5, 5.41) is 2.13. The average molecular weight is 176 g/mol. The molecule has 0 aliphatic heterocycles. The fourth-order valence-electron chi connectivity index (χ4n) is 0.576. The Labute approximate surface area is 68.0 Å². The van der Waals surface area contributed by atoms with Crippen molar-refractivity contribution in [2.24, 2.45) is 0 Å². The first-order valence-electron chi connectivity index (χ1n) is 2.88. The van der Waals surface area contributed by atoms with E-state index >= 15 is 0 Å². The molecule has 0 aromatic carbocycles. The molecule has 0 spiro atoms. The summed E-state index contributed by atoms with van der Waals surface area (Å²) in [7, 11) is 0. The van der Waals surface area contributed by atoms with Crippen molar-refractivity contribution < 1.29 is 4.79 Å². The summed E-state index contributed by atoms with van der Waals surface area (Å²) >= 11 is 6.85. The summed E-state index contributed by atoms with van der Waals surface area (Å²) in [5.74, 6) is 0.00579. The Bertz CT molecular complexity index is 246. The number of Topliss-reactive ketones (excluding diaryl/α,β-unsaturated/α-hetero) is 1. The highest BCUT2D eigenvalue weighted by molar-refractivity contribution is 7.04. The number of nitrogens with zero attached hydrogens (tertiary/aromatic N) is 1. The quantitative estimate of drug-likeness (QED) is 0.646. The van der Waals surface area contributed by atoms with Crippen LogP contribution >= 0.6 is 23.1 Å². The van der Waals surface area contributed by atoms with Crippen LogP contribution in [0.5, 0.6) is 0 Å². The standard InChI is InChI=1S/C6H6ClNOS/c1-2-5(9)6-4(7)3-10-8-6/h3H,2H2,1H3. The Morgan fingerprint density at radius 2 is 2.60 bits per heavy atom.